The van der Waals surface area contributed by atoms with Crippen LogP contribution in [-0.4, -0.2) is 71.0 Å². The minimum Gasteiger partial charge on any atom is -0.382 e. The van der Waals surface area contributed by atoms with Crippen LogP contribution in [0.1, 0.15) is 25.5 Å². The molecule has 0 aromatic heterocycles. The number of halogens is 1. The lowest BCUT2D eigenvalue weighted by Crippen LogP contribution is -2.44. The average Bonchev–Trinajstić information content (AvgIpc) is 2.66. The van der Waals surface area contributed by atoms with E-state index in [1.807, 2.05) is 0 Å². The predicted molar refractivity (Wildman–Crippen MR) is 120 cm³/mol. The topological polar surface area (TPSA) is 58.1 Å². The van der Waals surface area contributed by atoms with E-state index in [2.05, 4.69) is 64.7 Å². The van der Waals surface area contributed by atoms with E-state index in [4.69, 9.17) is 9.47 Å². The van der Waals surface area contributed by atoms with Crippen LogP contribution in [0.25, 0.3) is 0 Å². The second-order valence-corrected chi connectivity index (χ2v) is 5.63. The summed E-state index contributed by atoms with van der Waals surface area (Å²) in [6.07, 6.45) is 0. The molecule has 1 aromatic rings. The fraction of sp³-hybridized carbons (Fsp3) is 0.632. The third-order valence-electron chi connectivity index (χ3n) is 4.09. The third-order valence-corrected chi connectivity index (χ3v) is 4.09. The van der Waals surface area contributed by atoms with Gasteiger partial charge in [0, 0.05) is 27.2 Å². The lowest BCUT2D eigenvalue weighted by atomic mass is 10.1. The van der Waals surface area contributed by atoms with E-state index in [0.717, 1.165) is 25.6 Å². The van der Waals surface area contributed by atoms with E-state index in [1.54, 1.807) is 14.2 Å². The highest BCUT2D eigenvalue weighted by Crippen LogP contribution is 2.19. The van der Waals surface area contributed by atoms with Crippen LogP contribution in [0.5, 0.6) is 0 Å². The average molecular weight is 478 g/mol. The molecule has 0 aliphatic rings. The van der Waals surface area contributed by atoms with Gasteiger partial charge in [-0.2, -0.15) is 0 Å². The van der Waals surface area contributed by atoms with Crippen molar-refractivity contribution in [1.29, 1.82) is 0 Å². The minimum absolute atomic E-state index is 0. The van der Waals surface area contributed by atoms with Crippen molar-refractivity contribution < 1.29 is 9.47 Å². The normalized spacial score (nSPS) is 12.6. The van der Waals surface area contributed by atoms with Crippen LogP contribution in [0.3, 0.4) is 0 Å². The van der Waals surface area contributed by atoms with E-state index in [1.165, 1.54) is 5.56 Å². The SMILES string of the molecule is CCN(CC)C(CNC(=NC)NCCOCCOC)c1ccccc1.I. The van der Waals surface area contributed by atoms with Gasteiger partial charge in [-0.15, -0.1) is 24.0 Å². The lowest BCUT2D eigenvalue weighted by Gasteiger charge is -2.30. The molecule has 7 heteroatoms. The molecular formula is C19H35IN4O2. The molecule has 26 heavy (non-hydrogen) atoms. The Morgan fingerprint density at radius 1 is 1.08 bits per heavy atom. The number of hydrogen-bond donors (Lipinski definition) is 2. The summed E-state index contributed by atoms with van der Waals surface area (Å²) in [5.74, 6) is 0.795. The summed E-state index contributed by atoms with van der Waals surface area (Å²) in [6.45, 7) is 9.79. The van der Waals surface area contributed by atoms with Gasteiger partial charge >= 0.3 is 0 Å². The molecule has 0 saturated heterocycles. The summed E-state index contributed by atoms with van der Waals surface area (Å²) in [5.41, 5.74) is 1.32. The Kier molecular flexibility index (Phi) is 15.7. The molecule has 2 N–H and O–H groups in total. The zero-order valence-electron chi connectivity index (χ0n) is 16.5. The minimum atomic E-state index is 0. The van der Waals surface area contributed by atoms with Gasteiger partial charge in [0.15, 0.2) is 5.96 Å². The molecule has 1 atom stereocenters. The maximum atomic E-state index is 5.46. The van der Waals surface area contributed by atoms with Gasteiger partial charge in [-0.05, 0) is 18.7 Å². The van der Waals surface area contributed by atoms with Gasteiger partial charge < -0.3 is 20.1 Å². The first-order valence-corrected chi connectivity index (χ1v) is 9.06. The van der Waals surface area contributed by atoms with Crippen molar-refractivity contribution >= 4 is 29.9 Å². The first kappa shape index (κ1) is 25.1. The molecular weight excluding hydrogens is 443 g/mol. The zero-order chi connectivity index (χ0) is 18.3. The van der Waals surface area contributed by atoms with Crippen molar-refractivity contribution in [3.63, 3.8) is 0 Å². The van der Waals surface area contributed by atoms with Crippen LogP contribution in [0.15, 0.2) is 35.3 Å². The van der Waals surface area contributed by atoms with Gasteiger partial charge in [0.05, 0.1) is 25.9 Å². The number of aliphatic imine (C=N–C) groups is 1. The van der Waals surface area contributed by atoms with Crippen molar-refractivity contribution in [2.24, 2.45) is 4.99 Å². The summed E-state index contributed by atoms with van der Waals surface area (Å²) in [4.78, 5) is 6.74. The molecule has 0 saturated carbocycles. The summed E-state index contributed by atoms with van der Waals surface area (Å²) in [7, 11) is 3.46. The molecule has 0 fully saturated rings. The number of rotatable bonds is 12. The van der Waals surface area contributed by atoms with E-state index in [-0.39, 0.29) is 24.0 Å². The lowest BCUT2D eigenvalue weighted by molar-refractivity contribution is 0.0733. The van der Waals surface area contributed by atoms with Gasteiger partial charge in [0.1, 0.15) is 0 Å². The summed E-state index contributed by atoms with van der Waals surface area (Å²) in [6, 6.07) is 10.9. The predicted octanol–water partition coefficient (Wildman–Crippen LogP) is 2.52. The fourth-order valence-corrected chi connectivity index (χ4v) is 2.70. The number of methoxy groups -OCH3 is 1. The monoisotopic (exact) mass is 478 g/mol. The number of likely N-dealkylation sites (N-methyl/N-ethyl adjacent to an activating group) is 1. The third kappa shape index (κ3) is 9.70. The quantitative estimate of drug-likeness (QED) is 0.209. The molecule has 0 amide bonds. The molecule has 0 radical (unpaired) electrons. The number of ether oxygens (including phenoxy) is 2. The molecule has 6 nitrogen and oxygen atoms in total. The molecule has 0 bridgehead atoms. The Balaban J connectivity index is 0.00000625. The smallest absolute Gasteiger partial charge is 0.191 e. The Morgan fingerprint density at radius 2 is 1.77 bits per heavy atom. The maximum Gasteiger partial charge on any atom is 0.191 e. The summed E-state index contributed by atoms with van der Waals surface area (Å²) < 4.78 is 10.4. The maximum absolute atomic E-state index is 5.46. The highest BCUT2D eigenvalue weighted by Gasteiger charge is 2.17. The standard InChI is InChI=1S/C19H34N4O2.HI/c1-5-23(6-2)18(17-10-8-7-9-11-17)16-22-19(20-3)21-12-13-25-15-14-24-4;/h7-11,18H,5-6,12-16H2,1-4H3,(H2,20,21,22);1H. The molecule has 0 aliphatic carbocycles. The van der Waals surface area contributed by atoms with Crippen molar-refractivity contribution in [1.82, 2.24) is 15.5 Å². The molecule has 1 unspecified atom stereocenters. The van der Waals surface area contributed by atoms with Crippen molar-refractivity contribution in [2.45, 2.75) is 19.9 Å². The Labute approximate surface area is 175 Å². The van der Waals surface area contributed by atoms with Crippen molar-refractivity contribution in [3.05, 3.63) is 35.9 Å². The molecule has 0 spiro atoms. The Morgan fingerprint density at radius 3 is 2.35 bits per heavy atom. The highest BCUT2D eigenvalue weighted by molar-refractivity contribution is 14.0. The van der Waals surface area contributed by atoms with Crippen LogP contribution in [0, 0.1) is 0 Å². The number of guanidine groups is 1. The van der Waals surface area contributed by atoms with E-state index < -0.39 is 0 Å². The van der Waals surface area contributed by atoms with Crippen LogP contribution in [0.2, 0.25) is 0 Å². The second kappa shape index (κ2) is 16.3. The second-order valence-electron chi connectivity index (χ2n) is 5.63. The summed E-state index contributed by atoms with van der Waals surface area (Å²) in [5, 5.41) is 6.72. The molecule has 0 heterocycles. The largest absolute Gasteiger partial charge is 0.382 e. The first-order chi connectivity index (χ1) is 12.3. The fourth-order valence-electron chi connectivity index (χ4n) is 2.70. The first-order valence-electron chi connectivity index (χ1n) is 9.06. The van der Waals surface area contributed by atoms with Crippen LogP contribution in [-0.2, 0) is 9.47 Å². The number of hydrogen-bond acceptors (Lipinski definition) is 4. The van der Waals surface area contributed by atoms with E-state index in [0.29, 0.717) is 32.4 Å². The van der Waals surface area contributed by atoms with Crippen LogP contribution >= 0.6 is 24.0 Å². The molecule has 1 rings (SSSR count). The van der Waals surface area contributed by atoms with E-state index in [9.17, 15) is 0 Å². The molecule has 1 aromatic carbocycles. The Bertz CT molecular complexity index is 470. The summed E-state index contributed by atoms with van der Waals surface area (Å²) >= 11 is 0. The van der Waals surface area contributed by atoms with Crippen LogP contribution < -0.4 is 10.6 Å². The van der Waals surface area contributed by atoms with E-state index >= 15 is 0 Å². The number of nitrogens with one attached hydrogen (secondary N) is 2. The van der Waals surface area contributed by atoms with Crippen molar-refractivity contribution in [2.75, 3.05) is 60.2 Å². The zero-order valence-corrected chi connectivity index (χ0v) is 18.9. The van der Waals surface area contributed by atoms with Gasteiger partial charge in [-0.1, -0.05) is 44.2 Å². The van der Waals surface area contributed by atoms with Gasteiger partial charge in [0.2, 0.25) is 0 Å². The van der Waals surface area contributed by atoms with Gasteiger partial charge in [-0.25, -0.2) is 0 Å². The highest BCUT2D eigenvalue weighted by atomic mass is 127. The van der Waals surface area contributed by atoms with Gasteiger partial charge in [-0.3, -0.25) is 9.89 Å². The van der Waals surface area contributed by atoms with Crippen LogP contribution in [0.4, 0.5) is 0 Å². The van der Waals surface area contributed by atoms with Crippen molar-refractivity contribution in [3.8, 4) is 0 Å². The Hall–Kier alpha value is -0.900. The number of nitrogens with zero attached hydrogens (tertiary/aromatic N) is 2. The molecule has 150 valence electrons. The number of benzene rings is 1. The molecule has 0 aliphatic heterocycles. The van der Waals surface area contributed by atoms with Gasteiger partial charge in [0.25, 0.3) is 0 Å².